The van der Waals surface area contributed by atoms with Crippen molar-refractivity contribution in [2.45, 2.75) is 26.2 Å². The second kappa shape index (κ2) is 8.82. The summed E-state index contributed by atoms with van der Waals surface area (Å²) in [5, 5.41) is 9.11. The maximum Gasteiger partial charge on any atom is 0.119 e. The van der Waals surface area contributed by atoms with E-state index in [2.05, 4.69) is 6.08 Å². The van der Waals surface area contributed by atoms with Crippen LogP contribution in [0, 0.1) is 5.92 Å². The number of aliphatic hydroxyl groups is 1. The minimum atomic E-state index is 0.240. The molecule has 0 saturated carbocycles. The molecule has 0 aliphatic heterocycles. The van der Waals surface area contributed by atoms with Gasteiger partial charge in [-0.2, -0.15) is 0 Å². The SMILES string of the molecule is C/C=C/[C@@H](CO)CCCCOc1ccccc1. The molecule has 2 nitrogen and oxygen atoms in total. The number of ether oxygens (including phenoxy) is 1. The molecule has 0 unspecified atom stereocenters. The van der Waals surface area contributed by atoms with Gasteiger partial charge in [0.15, 0.2) is 0 Å². The zero-order valence-corrected chi connectivity index (χ0v) is 10.5. The zero-order chi connectivity index (χ0) is 12.3. The lowest BCUT2D eigenvalue weighted by Crippen LogP contribution is -2.04. The summed E-state index contributed by atoms with van der Waals surface area (Å²) in [6, 6.07) is 9.87. The van der Waals surface area contributed by atoms with Crippen molar-refractivity contribution in [3.63, 3.8) is 0 Å². The average molecular weight is 234 g/mol. The molecular formula is C15H22O2. The number of unbranched alkanes of at least 4 members (excludes halogenated alkanes) is 1. The summed E-state index contributed by atoms with van der Waals surface area (Å²) < 4.78 is 5.60. The van der Waals surface area contributed by atoms with Crippen LogP contribution in [0.15, 0.2) is 42.5 Å². The fourth-order valence-electron chi connectivity index (χ4n) is 1.74. The van der Waals surface area contributed by atoms with E-state index >= 15 is 0 Å². The number of para-hydroxylation sites is 1. The molecule has 17 heavy (non-hydrogen) atoms. The summed E-state index contributed by atoms with van der Waals surface area (Å²) in [5.41, 5.74) is 0. The Balaban J connectivity index is 2.08. The highest BCUT2D eigenvalue weighted by Gasteiger charge is 2.02. The van der Waals surface area contributed by atoms with Gasteiger partial charge >= 0.3 is 0 Å². The van der Waals surface area contributed by atoms with E-state index in [1.165, 1.54) is 0 Å². The third kappa shape index (κ3) is 6.12. The molecule has 0 amide bonds. The topological polar surface area (TPSA) is 29.5 Å². The number of aliphatic hydroxyl groups excluding tert-OH is 1. The third-order valence-electron chi connectivity index (χ3n) is 2.68. The first kappa shape index (κ1) is 13.8. The van der Waals surface area contributed by atoms with E-state index in [-0.39, 0.29) is 6.61 Å². The van der Waals surface area contributed by atoms with Gasteiger partial charge in [-0.3, -0.25) is 0 Å². The minimum Gasteiger partial charge on any atom is -0.494 e. The Hall–Kier alpha value is -1.28. The lowest BCUT2D eigenvalue weighted by atomic mass is 10.0. The normalized spacial score (nSPS) is 12.8. The van der Waals surface area contributed by atoms with E-state index < -0.39 is 0 Å². The molecule has 0 aromatic heterocycles. The summed E-state index contributed by atoms with van der Waals surface area (Å²) in [6.07, 6.45) is 7.21. The van der Waals surface area contributed by atoms with Gasteiger partial charge in [0, 0.05) is 6.61 Å². The summed E-state index contributed by atoms with van der Waals surface area (Å²) in [4.78, 5) is 0. The van der Waals surface area contributed by atoms with Crippen LogP contribution in [-0.4, -0.2) is 18.3 Å². The largest absolute Gasteiger partial charge is 0.494 e. The highest BCUT2D eigenvalue weighted by Crippen LogP contribution is 2.12. The minimum absolute atomic E-state index is 0.240. The van der Waals surface area contributed by atoms with E-state index in [9.17, 15) is 0 Å². The highest BCUT2D eigenvalue weighted by molar-refractivity contribution is 5.20. The maximum atomic E-state index is 9.11. The summed E-state index contributed by atoms with van der Waals surface area (Å²) in [5.74, 6) is 1.23. The van der Waals surface area contributed by atoms with Crippen LogP contribution in [0.3, 0.4) is 0 Å². The van der Waals surface area contributed by atoms with Gasteiger partial charge < -0.3 is 9.84 Å². The van der Waals surface area contributed by atoms with E-state index in [1.807, 2.05) is 43.3 Å². The van der Waals surface area contributed by atoms with Crippen LogP contribution in [0.5, 0.6) is 5.75 Å². The Labute approximate surface area is 104 Å². The van der Waals surface area contributed by atoms with Gasteiger partial charge in [-0.1, -0.05) is 30.4 Å². The zero-order valence-electron chi connectivity index (χ0n) is 10.5. The highest BCUT2D eigenvalue weighted by atomic mass is 16.5. The van der Waals surface area contributed by atoms with E-state index in [0.29, 0.717) is 5.92 Å². The Morgan fingerprint density at radius 3 is 2.65 bits per heavy atom. The van der Waals surface area contributed by atoms with Crippen LogP contribution < -0.4 is 4.74 Å². The van der Waals surface area contributed by atoms with Crippen molar-refractivity contribution in [2.24, 2.45) is 5.92 Å². The number of allylic oxidation sites excluding steroid dienone is 1. The first-order valence-electron chi connectivity index (χ1n) is 6.28. The van der Waals surface area contributed by atoms with Gasteiger partial charge in [-0.15, -0.1) is 0 Å². The third-order valence-corrected chi connectivity index (χ3v) is 2.68. The predicted molar refractivity (Wildman–Crippen MR) is 71.2 cm³/mol. The van der Waals surface area contributed by atoms with Crippen molar-refractivity contribution >= 4 is 0 Å². The van der Waals surface area contributed by atoms with Crippen LogP contribution in [0.25, 0.3) is 0 Å². The van der Waals surface area contributed by atoms with Crippen LogP contribution >= 0.6 is 0 Å². The van der Waals surface area contributed by atoms with E-state index in [0.717, 1.165) is 31.6 Å². The van der Waals surface area contributed by atoms with Crippen molar-refractivity contribution in [1.29, 1.82) is 0 Å². The van der Waals surface area contributed by atoms with Crippen molar-refractivity contribution < 1.29 is 9.84 Å². The van der Waals surface area contributed by atoms with Gasteiger partial charge in [-0.25, -0.2) is 0 Å². The van der Waals surface area contributed by atoms with E-state index in [4.69, 9.17) is 9.84 Å². The molecule has 0 heterocycles. The average Bonchev–Trinajstić information content (AvgIpc) is 2.38. The monoisotopic (exact) mass is 234 g/mol. The number of benzene rings is 1. The summed E-state index contributed by atoms with van der Waals surface area (Å²) in [7, 11) is 0. The van der Waals surface area contributed by atoms with Gasteiger partial charge in [0.25, 0.3) is 0 Å². The van der Waals surface area contributed by atoms with Crippen LogP contribution in [0.4, 0.5) is 0 Å². The first-order valence-corrected chi connectivity index (χ1v) is 6.28. The number of hydrogen-bond donors (Lipinski definition) is 1. The fourth-order valence-corrected chi connectivity index (χ4v) is 1.74. The molecule has 0 radical (unpaired) electrons. The molecule has 0 bridgehead atoms. The molecule has 1 rings (SSSR count). The van der Waals surface area contributed by atoms with Crippen molar-refractivity contribution in [3.05, 3.63) is 42.5 Å². The van der Waals surface area contributed by atoms with Crippen LogP contribution in [0.1, 0.15) is 26.2 Å². The Morgan fingerprint density at radius 1 is 1.24 bits per heavy atom. The molecule has 1 aromatic carbocycles. The molecule has 0 aliphatic carbocycles. The quantitative estimate of drug-likeness (QED) is 0.551. The Kier molecular flexibility index (Phi) is 7.15. The molecular weight excluding hydrogens is 212 g/mol. The van der Waals surface area contributed by atoms with Crippen molar-refractivity contribution in [2.75, 3.05) is 13.2 Å². The van der Waals surface area contributed by atoms with Gasteiger partial charge in [0.1, 0.15) is 5.75 Å². The van der Waals surface area contributed by atoms with Crippen LogP contribution in [-0.2, 0) is 0 Å². The Morgan fingerprint density at radius 2 is 2.00 bits per heavy atom. The van der Waals surface area contributed by atoms with Crippen molar-refractivity contribution in [1.82, 2.24) is 0 Å². The molecule has 2 heteroatoms. The lowest BCUT2D eigenvalue weighted by molar-refractivity contribution is 0.238. The van der Waals surface area contributed by atoms with Gasteiger partial charge in [0.05, 0.1) is 6.61 Å². The summed E-state index contributed by atoms with van der Waals surface area (Å²) >= 11 is 0. The number of rotatable bonds is 8. The molecule has 1 aromatic rings. The summed E-state index contributed by atoms with van der Waals surface area (Å²) in [6.45, 7) is 2.98. The standard InChI is InChI=1S/C15H22O2/c1-2-8-14(13-16)9-6-7-12-17-15-10-4-3-5-11-15/h2-5,8,10-11,14,16H,6-7,9,12-13H2,1H3/b8-2+/t14-/m1/s1. The second-order valence-electron chi connectivity index (χ2n) is 4.13. The molecule has 94 valence electrons. The molecule has 0 aliphatic rings. The fraction of sp³-hybridized carbons (Fsp3) is 0.467. The van der Waals surface area contributed by atoms with Crippen molar-refractivity contribution in [3.8, 4) is 5.75 Å². The maximum absolute atomic E-state index is 9.11. The Bertz CT molecular complexity index is 306. The molecule has 1 N–H and O–H groups in total. The van der Waals surface area contributed by atoms with Gasteiger partial charge in [-0.05, 0) is 44.2 Å². The van der Waals surface area contributed by atoms with Crippen LogP contribution in [0.2, 0.25) is 0 Å². The predicted octanol–water partition coefficient (Wildman–Crippen LogP) is 3.42. The molecule has 0 spiro atoms. The molecule has 1 atom stereocenters. The lowest BCUT2D eigenvalue weighted by Gasteiger charge is -2.09. The van der Waals surface area contributed by atoms with E-state index in [1.54, 1.807) is 0 Å². The molecule has 0 saturated heterocycles. The molecule has 0 fully saturated rings. The number of hydrogen-bond acceptors (Lipinski definition) is 2. The smallest absolute Gasteiger partial charge is 0.119 e. The first-order chi connectivity index (χ1) is 8.36. The second-order valence-corrected chi connectivity index (χ2v) is 4.13. The van der Waals surface area contributed by atoms with Gasteiger partial charge in [0.2, 0.25) is 0 Å².